The van der Waals surface area contributed by atoms with E-state index in [1.165, 1.54) is 10.4 Å². The van der Waals surface area contributed by atoms with Crippen molar-refractivity contribution in [2.45, 2.75) is 32.7 Å². The average Bonchev–Trinajstić information content (AvgIpc) is 2.63. The Morgan fingerprint density at radius 1 is 1.59 bits per heavy atom. The standard InChI is InChI=1S/C12H17NO2S.ClH/c1-4-15-11(14)9-5-8-6-13-7-12(2,3)10(8)16-9;/h5,13H,4,6-7H2,1-3H3;1H. The molecule has 1 aliphatic heterocycles. The van der Waals surface area contributed by atoms with E-state index in [9.17, 15) is 4.79 Å². The highest BCUT2D eigenvalue weighted by Crippen LogP contribution is 2.36. The van der Waals surface area contributed by atoms with E-state index in [0.717, 1.165) is 18.0 Å². The lowest BCUT2D eigenvalue weighted by Crippen LogP contribution is -2.37. The topological polar surface area (TPSA) is 38.3 Å². The van der Waals surface area contributed by atoms with Crippen LogP contribution >= 0.6 is 23.7 Å². The molecule has 0 saturated heterocycles. The van der Waals surface area contributed by atoms with Crippen molar-refractivity contribution >= 4 is 29.7 Å². The van der Waals surface area contributed by atoms with Crippen LogP contribution < -0.4 is 5.32 Å². The molecule has 5 heteroatoms. The number of carbonyl (C=O) groups excluding carboxylic acids is 1. The molecule has 1 aromatic rings. The Morgan fingerprint density at radius 3 is 2.88 bits per heavy atom. The Balaban J connectivity index is 0.00000144. The minimum atomic E-state index is -0.197. The van der Waals surface area contributed by atoms with E-state index < -0.39 is 0 Å². The summed E-state index contributed by atoms with van der Waals surface area (Å²) in [6, 6.07) is 1.96. The molecule has 1 aliphatic rings. The first kappa shape index (κ1) is 14.5. The second kappa shape index (κ2) is 5.38. The zero-order valence-electron chi connectivity index (χ0n) is 10.3. The van der Waals surface area contributed by atoms with Gasteiger partial charge in [0.2, 0.25) is 0 Å². The molecule has 0 spiro atoms. The van der Waals surface area contributed by atoms with E-state index in [4.69, 9.17) is 4.74 Å². The number of nitrogens with one attached hydrogen (secondary N) is 1. The van der Waals surface area contributed by atoms with Crippen LogP contribution in [0.3, 0.4) is 0 Å². The first-order valence-corrected chi connectivity index (χ1v) is 6.37. The molecule has 0 atom stereocenters. The van der Waals surface area contributed by atoms with Crippen molar-refractivity contribution in [1.82, 2.24) is 5.32 Å². The molecule has 0 radical (unpaired) electrons. The van der Waals surface area contributed by atoms with Gasteiger partial charge < -0.3 is 10.1 Å². The zero-order chi connectivity index (χ0) is 11.8. The number of ether oxygens (including phenoxy) is 1. The lowest BCUT2D eigenvalue weighted by molar-refractivity contribution is 0.0532. The molecule has 96 valence electrons. The SMILES string of the molecule is CCOC(=O)c1cc2c(s1)C(C)(C)CNC2.Cl. The van der Waals surface area contributed by atoms with Gasteiger partial charge in [0.1, 0.15) is 4.88 Å². The first-order valence-electron chi connectivity index (χ1n) is 5.55. The molecule has 2 rings (SSSR count). The summed E-state index contributed by atoms with van der Waals surface area (Å²) in [4.78, 5) is 13.7. The van der Waals surface area contributed by atoms with Gasteiger partial charge in [0.25, 0.3) is 0 Å². The molecule has 1 aromatic heterocycles. The average molecular weight is 276 g/mol. The van der Waals surface area contributed by atoms with Crippen LogP contribution in [0.4, 0.5) is 0 Å². The molecule has 1 N–H and O–H groups in total. The fraction of sp³-hybridized carbons (Fsp3) is 0.583. The summed E-state index contributed by atoms with van der Waals surface area (Å²) in [6.07, 6.45) is 0. The van der Waals surface area contributed by atoms with Gasteiger partial charge in [-0.15, -0.1) is 23.7 Å². The Labute approximate surface area is 112 Å². The second-order valence-electron chi connectivity index (χ2n) is 4.67. The minimum Gasteiger partial charge on any atom is -0.462 e. The molecule has 0 bridgehead atoms. The summed E-state index contributed by atoms with van der Waals surface area (Å²) >= 11 is 1.58. The molecular weight excluding hydrogens is 258 g/mol. The van der Waals surface area contributed by atoms with E-state index in [0.29, 0.717) is 6.61 Å². The second-order valence-corrected chi connectivity index (χ2v) is 5.73. The molecule has 0 amide bonds. The zero-order valence-corrected chi connectivity index (χ0v) is 12.0. The Morgan fingerprint density at radius 2 is 2.29 bits per heavy atom. The molecule has 0 aliphatic carbocycles. The summed E-state index contributed by atoms with van der Waals surface area (Å²) in [5, 5.41) is 3.37. The third-order valence-corrected chi connectivity index (χ3v) is 4.31. The van der Waals surface area contributed by atoms with Crippen molar-refractivity contribution in [2.75, 3.05) is 13.2 Å². The normalized spacial score (nSPS) is 16.9. The van der Waals surface area contributed by atoms with Crippen LogP contribution in [0.2, 0.25) is 0 Å². The number of halogens is 1. The van der Waals surface area contributed by atoms with Gasteiger partial charge in [-0.2, -0.15) is 0 Å². The molecule has 0 unspecified atom stereocenters. The van der Waals surface area contributed by atoms with Gasteiger partial charge in [-0.05, 0) is 18.6 Å². The van der Waals surface area contributed by atoms with Crippen LogP contribution in [-0.4, -0.2) is 19.1 Å². The first-order chi connectivity index (χ1) is 7.54. The van der Waals surface area contributed by atoms with Crippen LogP contribution in [0.5, 0.6) is 0 Å². The summed E-state index contributed by atoms with van der Waals surface area (Å²) in [5.41, 5.74) is 1.35. The number of hydrogen-bond donors (Lipinski definition) is 1. The van der Waals surface area contributed by atoms with Crippen molar-refractivity contribution in [3.8, 4) is 0 Å². The quantitative estimate of drug-likeness (QED) is 0.844. The lowest BCUT2D eigenvalue weighted by Gasteiger charge is -2.30. The van der Waals surface area contributed by atoms with Gasteiger partial charge in [-0.1, -0.05) is 13.8 Å². The van der Waals surface area contributed by atoms with Crippen LogP contribution in [0.15, 0.2) is 6.07 Å². The maximum Gasteiger partial charge on any atom is 0.348 e. The molecular formula is C12H18ClNO2S. The lowest BCUT2D eigenvalue weighted by atomic mass is 9.86. The van der Waals surface area contributed by atoms with Crippen molar-refractivity contribution in [1.29, 1.82) is 0 Å². The smallest absolute Gasteiger partial charge is 0.348 e. The Kier molecular flexibility index (Phi) is 4.58. The van der Waals surface area contributed by atoms with Crippen molar-refractivity contribution in [3.05, 3.63) is 21.4 Å². The number of esters is 1. The van der Waals surface area contributed by atoms with Crippen molar-refractivity contribution < 1.29 is 9.53 Å². The largest absolute Gasteiger partial charge is 0.462 e. The van der Waals surface area contributed by atoms with E-state index in [1.807, 2.05) is 13.0 Å². The minimum absolute atomic E-state index is 0. The summed E-state index contributed by atoms with van der Waals surface area (Å²) in [5.74, 6) is -0.197. The Bertz CT molecular complexity index is 415. The fourth-order valence-corrected chi connectivity index (χ4v) is 3.20. The third kappa shape index (κ3) is 2.81. The summed E-state index contributed by atoms with van der Waals surface area (Å²) in [7, 11) is 0. The maximum absolute atomic E-state index is 11.6. The molecule has 3 nitrogen and oxygen atoms in total. The molecule has 2 heterocycles. The highest BCUT2D eigenvalue weighted by atomic mass is 35.5. The highest BCUT2D eigenvalue weighted by Gasteiger charge is 2.30. The summed E-state index contributed by atoms with van der Waals surface area (Å²) < 4.78 is 5.02. The number of rotatable bonds is 2. The molecule has 0 fully saturated rings. The third-order valence-electron chi connectivity index (χ3n) is 2.78. The van der Waals surface area contributed by atoms with Gasteiger partial charge >= 0.3 is 5.97 Å². The van der Waals surface area contributed by atoms with Gasteiger partial charge in [-0.3, -0.25) is 0 Å². The van der Waals surface area contributed by atoms with E-state index in [2.05, 4.69) is 19.2 Å². The predicted octanol–water partition coefficient (Wildman–Crippen LogP) is 2.73. The van der Waals surface area contributed by atoms with Crippen LogP contribution in [0, 0.1) is 0 Å². The van der Waals surface area contributed by atoms with Gasteiger partial charge in [0, 0.05) is 23.4 Å². The van der Waals surface area contributed by atoms with E-state index in [1.54, 1.807) is 11.3 Å². The van der Waals surface area contributed by atoms with E-state index in [-0.39, 0.29) is 23.8 Å². The number of thiophene rings is 1. The van der Waals surface area contributed by atoms with Gasteiger partial charge in [0.15, 0.2) is 0 Å². The maximum atomic E-state index is 11.6. The number of carbonyl (C=O) groups is 1. The predicted molar refractivity (Wildman–Crippen MR) is 72.3 cm³/mol. The van der Waals surface area contributed by atoms with Crippen LogP contribution in [-0.2, 0) is 16.7 Å². The van der Waals surface area contributed by atoms with Crippen LogP contribution in [0.25, 0.3) is 0 Å². The van der Waals surface area contributed by atoms with E-state index >= 15 is 0 Å². The van der Waals surface area contributed by atoms with Crippen molar-refractivity contribution in [2.24, 2.45) is 0 Å². The van der Waals surface area contributed by atoms with Crippen LogP contribution in [0.1, 0.15) is 40.9 Å². The summed E-state index contributed by atoms with van der Waals surface area (Å²) in [6.45, 7) is 8.48. The highest BCUT2D eigenvalue weighted by molar-refractivity contribution is 7.14. The number of hydrogen-bond acceptors (Lipinski definition) is 4. The van der Waals surface area contributed by atoms with Crippen molar-refractivity contribution in [3.63, 3.8) is 0 Å². The van der Waals surface area contributed by atoms with Gasteiger partial charge in [0.05, 0.1) is 6.61 Å². The molecule has 0 aromatic carbocycles. The molecule has 17 heavy (non-hydrogen) atoms. The molecule has 0 saturated carbocycles. The Hall–Kier alpha value is -0.580. The van der Waals surface area contributed by atoms with Gasteiger partial charge in [-0.25, -0.2) is 4.79 Å². The monoisotopic (exact) mass is 275 g/mol. The fourth-order valence-electron chi connectivity index (χ4n) is 2.03. The number of fused-ring (bicyclic) bond motifs is 1.